The third-order valence-electron chi connectivity index (χ3n) is 2.92. The van der Waals surface area contributed by atoms with Crippen LogP contribution in [0.4, 0.5) is 4.79 Å². The first-order valence-corrected chi connectivity index (χ1v) is 5.98. The summed E-state index contributed by atoms with van der Waals surface area (Å²) in [5.74, 6) is 1.08. The van der Waals surface area contributed by atoms with Crippen LogP contribution in [0.25, 0.3) is 0 Å². The molecule has 94 valence electrons. The molecule has 0 spiro atoms. The zero-order valence-corrected chi connectivity index (χ0v) is 9.90. The lowest BCUT2D eigenvalue weighted by atomic mass is 10.1. The van der Waals surface area contributed by atoms with E-state index in [9.17, 15) is 9.90 Å². The van der Waals surface area contributed by atoms with Gasteiger partial charge < -0.3 is 15.2 Å². The van der Waals surface area contributed by atoms with E-state index >= 15 is 0 Å². The summed E-state index contributed by atoms with van der Waals surface area (Å²) in [7, 11) is 0. The van der Waals surface area contributed by atoms with Crippen molar-refractivity contribution >= 4 is 6.09 Å². The normalized spacial score (nSPS) is 25.5. The van der Waals surface area contributed by atoms with E-state index in [0.717, 1.165) is 13.0 Å². The number of nitrogens with one attached hydrogen (secondary N) is 2. The molecule has 0 aromatic rings. The van der Waals surface area contributed by atoms with Crippen LogP contribution in [0.3, 0.4) is 0 Å². The van der Waals surface area contributed by atoms with Gasteiger partial charge in [0.25, 0.3) is 0 Å². The van der Waals surface area contributed by atoms with Gasteiger partial charge in [-0.1, -0.05) is 13.0 Å². The molecule has 17 heavy (non-hydrogen) atoms. The van der Waals surface area contributed by atoms with E-state index in [2.05, 4.69) is 10.6 Å². The molecule has 2 unspecified atom stereocenters. The number of aliphatic hydroxyl groups excluding tert-OH is 1. The number of ether oxygens (including phenoxy) is 1. The van der Waals surface area contributed by atoms with E-state index in [4.69, 9.17) is 4.74 Å². The van der Waals surface area contributed by atoms with Crippen LogP contribution in [0.2, 0.25) is 0 Å². The fraction of sp³-hybridized carbons (Fsp3) is 0.583. The molecular formula is C12H18N2O3. The van der Waals surface area contributed by atoms with Crippen molar-refractivity contribution in [2.75, 3.05) is 19.7 Å². The van der Waals surface area contributed by atoms with E-state index in [1.807, 2.05) is 13.0 Å². The number of alkyl carbamates (subject to hydrolysis) is 1. The minimum Gasteiger partial charge on any atom is -0.506 e. The molecule has 1 amide bonds. The summed E-state index contributed by atoms with van der Waals surface area (Å²) in [5, 5.41) is 15.2. The Morgan fingerprint density at radius 3 is 3.06 bits per heavy atom. The molecule has 2 aliphatic carbocycles. The molecule has 0 aliphatic heterocycles. The second-order valence-electron chi connectivity index (χ2n) is 4.31. The Morgan fingerprint density at radius 1 is 1.53 bits per heavy atom. The van der Waals surface area contributed by atoms with Crippen molar-refractivity contribution in [3.8, 4) is 0 Å². The molecule has 2 aliphatic rings. The number of allylic oxidation sites excluding steroid dienone is 2. The number of aliphatic hydroxyl groups is 1. The highest BCUT2D eigenvalue weighted by atomic mass is 16.5. The van der Waals surface area contributed by atoms with Crippen molar-refractivity contribution in [3.63, 3.8) is 0 Å². The minimum atomic E-state index is -0.520. The molecule has 2 rings (SSSR count). The summed E-state index contributed by atoms with van der Waals surface area (Å²) in [4.78, 5) is 11.4. The Kier molecular flexibility index (Phi) is 3.68. The Labute approximate surface area is 101 Å². The van der Waals surface area contributed by atoms with E-state index in [1.165, 1.54) is 0 Å². The quantitative estimate of drug-likeness (QED) is 0.631. The van der Waals surface area contributed by atoms with Gasteiger partial charge in [-0.3, -0.25) is 5.32 Å². The maximum absolute atomic E-state index is 11.4. The fourth-order valence-corrected chi connectivity index (χ4v) is 1.86. The Balaban J connectivity index is 1.73. The van der Waals surface area contributed by atoms with E-state index in [0.29, 0.717) is 30.7 Å². The van der Waals surface area contributed by atoms with E-state index in [1.54, 1.807) is 6.08 Å². The third kappa shape index (κ3) is 3.23. The predicted molar refractivity (Wildman–Crippen MR) is 63.4 cm³/mol. The summed E-state index contributed by atoms with van der Waals surface area (Å²) in [5.41, 5.74) is 0.470. The summed E-state index contributed by atoms with van der Waals surface area (Å²) < 4.78 is 4.95. The zero-order chi connectivity index (χ0) is 12.3. The van der Waals surface area contributed by atoms with Crippen molar-refractivity contribution in [3.05, 3.63) is 23.6 Å². The zero-order valence-electron chi connectivity index (χ0n) is 9.90. The van der Waals surface area contributed by atoms with Crippen LogP contribution in [0.5, 0.6) is 0 Å². The van der Waals surface area contributed by atoms with Crippen molar-refractivity contribution in [2.24, 2.45) is 11.8 Å². The highest BCUT2D eigenvalue weighted by Gasteiger charge is 2.38. The summed E-state index contributed by atoms with van der Waals surface area (Å²) in [6.07, 6.45) is 4.23. The Morgan fingerprint density at radius 2 is 2.29 bits per heavy atom. The summed E-state index contributed by atoms with van der Waals surface area (Å²) in [6.45, 7) is 3.80. The van der Waals surface area contributed by atoms with Crippen molar-refractivity contribution in [2.45, 2.75) is 13.3 Å². The molecule has 0 aromatic heterocycles. The smallest absolute Gasteiger partial charge is 0.411 e. The first-order chi connectivity index (χ1) is 8.20. The number of fused-ring (bicyclic) bond motifs is 1. The van der Waals surface area contributed by atoms with Gasteiger partial charge in [0.15, 0.2) is 0 Å². The van der Waals surface area contributed by atoms with Gasteiger partial charge >= 0.3 is 6.09 Å². The van der Waals surface area contributed by atoms with E-state index in [-0.39, 0.29) is 5.76 Å². The molecule has 0 radical (unpaired) electrons. The van der Waals surface area contributed by atoms with Gasteiger partial charge in [0.05, 0.1) is 5.70 Å². The van der Waals surface area contributed by atoms with Gasteiger partial charge in [-0.2, -0.15) is 0 Å². The van der Waals surface area contributed by atoms with Crippen LogP contribution in [-0.4, -0.2) is 30.9 Å². The topological polar surface area (TPSA) is 70.6 Å². The number of amides is 1. The predicted octanol–water partition coefficient (Wildman–Crippen LogP) is 1.30. The maximum Gasteiger partial charge on any atom is 0.411 e. The SMILES string of the molecule is CCNCCOC(=O)NC1=CC2CC2C=C1O. The lowest BCUT2D eigenvalue weighted by Crippen LogP contribution is -2.29. The Bertz CT molecular complexity index is 363. The van der Waals surface area contributed by atoms with Gasteiger partial charge in [0, 0.05) is 6.54 Å². The van der Waals surface area contributed by atoms with Crippen LogP contribution in [-0.2, 0) is 4.74 Å². The number of carbonyl (C=O) groups excluding carboxylic acids is 1. The van der Waals surface area contributed by atoms with Gasteiger partial charge in [-0.25, -0.2) is 4.79 Å². The number of hydrogen-bond acceptors (Lipinski definition) is 4. The van der Waals surface area contributed by atoms with Crippen LogP contribution in [0, 0.1) is 11.8 Å². The fourth-order valence-electron chi connectivity index (χ4n) is 1.86. The van der Waals surface area contributed by atoms with Gasteiger partial charge in [-0.05, 0) is 30.9 Å². The second kappa shape index (κ2) is 5.23. The lowest BCUT2D eigenvalue weighted by Gasteiger charge is -2.12. The molecule has 2 atom stereocenters. The highest BCUT2D eigenvalue weighted by molar-refractivity contribution is 5.70. The van der Waals surface area contributed by atoms with Crippen LogP contribution in [0.1, 0.15) is 13.3 Å². The molecule has 3 N–H and O–H groups in total. The first kappa shape index (κ1) is 12.0. The summed E-state index contributed by atoms with van der Waals surface area (Å²) in [6, 6.07) is 0. The highest BCUT2D eigenvalue weighted by Crippen LogP contribution is 2.45. The molecule has 0 bridgehead atoms. The van der Waals surface area contributed by atoms with Crippen molar-refractivity contribution in [1.82, 2.24) is 10.6 Å². The molecule has 5 nitrogen and oxygen atoms in total. The molecule has 5 heteroatoms. The monoisotopic (exact) mass is 238 g/mol. The van der Waals surface area contributed by atoms with Crippen molar-refractivity contribution in [1.29, 1.82) is 0 Å². The summed E-state index contributed by atoms with van der Waals surface area (Å²) >= 11 is 0. The van der Waals surface area contributed by atoms with Gasteiger partial charge in [0.2, 0.25) is 0 Å². The number of hydrogen-bond donors (Lipinski definition) is 3. The van der Waals surface area contributed by atoms with Crippen LogP contribution in [0.15, 0.2) is 23.6 Å². The third-order valence-corrected chi connectivity index (χ3v) is 2.92. The molecule has 0 heterocycles. The first-order valence-electron chi connectivity index (χ1n) is 5.98. The van der Waals surface area contributed by atoms with Gasteiger partial charge in [0.1, 0.15) is 12.4 Å². The minimum absolute atomic E-state index is 0.146. The average Bonchev–Trinajstić information content (AvgIpc) is 3.03. The van der Waals surface area contributed by atoms with Crippen LogP contribution >= 0.6 is 0 Å². The average molecular weight is 238 g/mol. The molecule has 0 aromatic carbocycles. The molecule has 1 saturated carbocycles. The standard InChI is InChI=1S/C12H18N2O3/c1-2-13-3-4-17-12(16)14-10-6-8-5-9(8)7-11(10)15/h6-9,13,15H,2-5H2,1H3,(H,14,16). The second-order valence-corrected chi connectivity index (χ2v) is 4.31. The van der Waals surface area contributed by atoms with Crippen LogP contribution < -0.4 is 10.6 Å². The van der Waals surface area contributed by atoms with Gasteiger partial charge in [-0.15, -0.1) is 0 Å². The number of rotatable bonds is 5. The largest absolute Gasteiger partial charge is 0.506 e. The molecular weight excluding hydrogens is 220 g/mol. The number of likely N-dealkylation sites (N-methyl/N-ethyl adjacent to an activating group) is 1. The lowest BCUT2D eigenvalue weighted by molar-refractivity contribution is 0.149. The maximum atomic E-state index is 11.4. The number of carbonyl (C=O) groups is 1. The van der Waals surface area contributed by atoms with E-state index < -0.39 is 6.09 Å². The Hall–Kier alpha value is -1.49. The molecule has 1 fully saturated rings. The molecule has 0 saturated heterocycles. The van der Waals surface area contributed by atoms with Crippen molar-refractivity contribution < 1.29 is 14.6 Å².